The van der Waals surface area contributed by atoms with Gasteiger partial charge in [0.15, 0.2) is 18.3 Å². The summed E-state index contributed by atoms with van der Waals surface area (Å²) in [7, 11) is 1.47. The van der Waals surface area contributed by atoms with Crippen LogP contribution >= 0.6 is 0 Å². The van der Waals surface area contributed by atoms with Gasteiger partial charge in [0.1, 0.15) is 0 Å². The summed E-state index contributed by atoms with van der Waals surface area (Å²) >= 11 is 0. The van der Waals surface area contributed by atoms with Crippen molar-refractivity contribution in [1.82, 2.24) is 10.4 Å². The summed E-state index contributed by atoms with van der Waals surface area (Å²) in [5.74, 6) is -0.454. The van der Waals surface area contributed by atoms with Gasteiger partial charge in [-0.05, 0) is 0 Å². The van der Waals surface area contributed by atoms with Gasteiger partial charge in [0.2, 0.25) is 0 Å². The minimum atomic E-state index is -2.65. The molecule has 6 heteroatoms. The summed E-state index contributed by atoms with van der Waals surface area (Å²) in [6.07, 6.45) is -2.98. The first-order valence-corrected chi connectivity index (χ1v) is 2.95. The molecule has 0 bridgehead atoms. The number of likely N-dealkylation sites (N-methyl/N-ethyl adjacent to an activating group) is 1. The van der Waals surface area contributed by atoms with E-state index in [4.69, 9.17) is 0 Å². The maximum absolute atomic E-state index is 11.9. The topological polar surface area (TPSA) is 44.7 Å². The largest absolute Gasteiger partial charge is 0.300 e. The molecule has 1 atom stereocenters. The standard InChI is InChI=1S/C5H7F2N3O/c1-10-3(2-11)8-5(9-10)4(6)7/h2-4H,1H3,(H,8,9). The van der Waals surface area contributed by atoms with Crippen molar-refractivity contribution in [3.05, 3.63) is 0 Å². The van der Waals surface area contributed by atoms with E-state index in [1.165, 1.54) is 12.1 Å². The Balaban J connectivity index is 2.66. The van der Waals surface area contributed by atoms with E-state index in [1.54, 1.807) is 0 Å². The van der Waals surface area contributed by atoms with Crippen LogP contribution < -0.4 is 5.43 Å². The van der Waals surface area contributed by atoms with Crippen molar-refractivity contribution < 1.29 is 13.6 Å². The van der Waals surface area contributed by atoms with E-state index in [1.807, 2.05) is 0 Å². The molecule has 1 N–H and O–H groups in total. The average Bonchev–Trinajstić information content (AvgIpc) is 2.31. The zero-order valence-corrected chi connectivity index (χ0v) is 5.79. The molecule has 0 aromatic rings. The normalized spacial score (nSPS) is 25.1. The van der Waals surface area contributed by atoms with Crippen LogP contribution in [0.1, 0.15) is 0 Å². The molecule has 1 heterocycles. The molecule has 62 valence electrons. The molecule has 0 amide bonds. The minimum absolute atomic E-state index is 0.454. The number of alkyl halides is 2. The van der Waals surface area contributed by atoms with Crippen molar-refractivity contribution in [2.24, 2.45) is 4.99 Å². The Kier molecular flexibility index (Phi) is 2.13. The zero-order valence-electron chi connectivity index (χ0n) is 5.79. The lowest BCUT2D eigenvalue weighted by Gasteiger charge is -2.11. The number of nitrogens with one attached hydrogen (secondary N) is 1. The van der Waals surface area contributed by atoms with E-state index in [-0.39, 0.29) is 0 Å². The van der Waals surface area contributed by atoms with Crippen LogP contribution in [0.4, 0.5) is 8.78 Å². The molecule has 0 fully saturated rings. The van der Waals surface area contributed by atoms with Gasteiger partial charge in [0, 0.05) is 7.05 Å². The molecule has 11 heavy (non-hydrogen) atoms. The highest BCUT2D eigenvalue weighted by atomic mass is 19.3. The molecule has 0 aromatic carbocycles. The molecular formula is C5H7F2N3O. The van der Waals surface area contributed by atoms with Crippen molar-refractivity contribution >= 4 is 12.1 Å². The molecule has 0 saturated heterocycles. The fourth-order valence-electron chi connectivity index (χ4n) is 0.732. The molecule has 0 aromatic heterocycles. The third-order valence-corrected chi connectivity index (χ3v) is 1.29. The van der Waals surface area contributed by atoms with Gasteiger partial charge in [0.05, 0.1) is 0 Å². The second-order valence-corrected chi connectivity index (χ2v) is 2.09. The number of hydrogen-bond acceptors (Lipinski definition) is 4. The predicted octanol–water partition coefficient (Wildman–Crippen LogP) is -0.375. The number of rotatable bonds is 2. The highest BCUT2D eigenvalue weighted by molar-refractivity contribution is 5.88. The van der Waals surface area contributed by atoms with Crippen molar-refractivity contribution in [1.29, 1.82) is 0 Å². The number of halogens is 2. The molecule has 1 aliphatic heterocycles. The number of nitrogens with zero attached hydrogens (tertiary/aromatic N) is 2. The fraction of sp³-hybridized carbons (Fsp3) is 0.600. The first-order chi connectivity index (χ1) is 5.15. The van der Waals surface area contributed by atoms with E-state index in [0.717, 1.165) is 0 Å². The van der Waals surface area contributed by atoms with Crippen molar-refractivity contribution in [3.63, 3.8) is 0 Å². The predicted molar refractivity (Wildman–Crippen MR) is 34.2 cm³/mol. The summed E-state index contributed by atoms with van der Waals surface area (Å²) in [5.41, 5.74) is 2.26. The molecule has 0 radical (unpaired) electrons. The van der Waals surface area contributed by atoms with Gasteiger partial charge in [-0.25, -0.2) is 13.8 Å². The van der Waals surface area contributed by atoms with E-state index < -0.39 is 18.4 Å². The lowest BCUT2D eigenvalue weighted by Crippen LogP contribution is -2.39. The van der Waals surface area contributed by atoms with E-state index in [9.17, 15) is 13.6 Å². The summed E-state index contributed by atoms with van der Waals surface area (Å²) in [5, 5.41) is 1.22. The van der Waals surface area contributed by atoms with Gasteiger partial charge in [-0.3, -0.25) is 10.2 Å². The Bertz CT molecular complexity index is 194. The maximum atomic E-state index is 11.9. The molecule has 1 unspecified atom stereocenters. The summed E-state index contributed by atoms with van der Waals surface area (Å²) in [4.78, 5) is 13.6. The summed E-state index contributed by atoms with van der Waals surface area (Å²) < 4.78 is 23.8. The lowest BCUT2D eigenvalue weighted by molar-refractivity contribution is -0.111. The van der Waals surface area contributed by atoms with Crippen LogP contribution in [-0.2, 0) is 4.79 Å². The number of carbonyl (C=O) groups excluding carboxylic acids is 1. The number of amidine groups is 1. The molecule has 0 spiro atoms. The van der Waals surface area contributed by atoms with Crippen LogP contribution in [0.15, 0.2) is 4.99 Å². The van der Waals surface area contributed by atoms with E-state index in [2.05, 4.69) is 10.4 Å². The van der Waals surface area contributed by atoms with Crippen molar-refractivity contribution in [2.45, 2.75) is 12.6 Å². The monoisotopic (exact) mass is 163 g/mol. The van der Waals surface area contributed by atoms with Gasteiger partial charge < -0.3 is 0 Å². The highest BCUT2D eigenvalue weighted by Crippen LogP contribution is 2.05. The van der Waals surface area contributed by atoms with E-state index >= 15 is 0 Å². The summed E-state index contributed by atoms with van der Waals surface area (Å²) in [6.45, 7) is 0. The quantitative estimate of drug-likeness (QED) is 0.564. The van der Waals surface area contributed by atoms with E-state index in [0.29, 0.717) is 6.29 Å². The molecule has 1 rings (SSSR count). The molecule has 0 aliphatic carbocycles. The smallest absolute Gasteiger partial charge is 0.296 e. The number of carbonyl (C=O) groups is 1. The van der Waals surface area contributed by atoms with Crippen LogP contribution in [0, 0.1) is 0 Å². The number of aldehydes is 1. The van der Waals surface area contributed by atoms with Crippen LogP contribution in [0.5, 0.6) is 0 Å². The second kappa shape index (κ2) is 2.91. The first-order valence-electron chi connectivity index (χ1n) is 2.95. The van der Waals surface area contributed by atoms with Crippen molar-refractivity contribution in [3.8, 4) is 0 Å². The van der Waals surface area contributed by atoms with Gasteiger partial charge in [-0.15, -0.1) is 0 Å². The Labute approximate surface area is 61.9 Å². The Morgan fingerprint density at radius 3 is 2.73 bits per heavy atom. The van der Waals surface area contributed by atoms with Gasteiger partial charge in [0.25, 0.3) is 6.43 Å². The van der Waals surface area contributed by atoms with Gasteiger partial charge in [-0.2, -0.15) is 5.01 Å². The van der Waals surface area contributed by atoms with Crippen LogP contribution in [-0.4, -0.2) is 36.8 Å². The third kappa shape index (κ3) is 1.51. The fourth-order valence-corrected chi connectivity index (χ4v) is 0.732. The Hall–Kier alpha value is -1.04. The van der Waals surface area contributed by atoms with Gasteiger partial charge >= 0.3 is 0 Å². The zero-order chi connectivity index (χ0) is 8.43. The van der Waals surface area contributed by atoms with Crippen molar-refractivity contribution in [2.75, 3.05) is 7.05 Å². The second-order valence-electron chi connectivity index (χ2n) is 2.09. The third-order valence-electron chi connectivity index (χ3n) is 1.29. The highest BCUT2D eigenvalue weighted by Gasteiger charge is 2.26. The average molecular weight is 163 g/mol. The van der Waals surface area contributed by atoms with Crippen LogP contribution in [0.3, 0.4) is 0 Å². The number of hydrazine groups is 1. The number of aliphatic imine (C=N–C) groups is 1. The minimum Gasteiger partial charge on any atom is -0.300 e. The molecular weight excluding hydrogens is 156 g/mol. The SMILES string of the molecule is CN1NC(C(F)F)=NC1C=O. The van der Waals surface area contributed by atoms with Crippen LogP contribution in [0.25, 0.3) is 0 Å². The molecule has 0 saturated carbocycles. The molecule has 4 nitrogen and oxygen atoms in total. The summed E-state index contributed by atoms with van der Waals surface area (Å²) in [6, 6.07) is 0. The maximum Gasteiger partial charge on any atom is 0.296 e. The Morgan fingerprint density at radius 1 is 1.82 bits per heavy atom. The number of hydrogen-bond donors (Lipinski definition) is 1. The lowest BCUT2D eigenvalue weighted by atomic mass is 10.5. The first kappa shape index (κ1) is 8.06. The molecule has 1 aliphatic rings. The van der Waals surface area contributed by atoms with Crippen LogP contribution in [0.2, 0.25) is 0 Å². The van der Waals surface area contributed by atoms with Gasteiger partial charge in [-0.1, -0.05) is 0 Å². The Morgan fingerprint density at radius 2 is 2.45 bits per heavy atom.